The Morgan fingerprint density at radius 1 is 1.39 bits per heavy atom. The third kappa shape index (κ3) is 5.35. The molecule has 0 radical (unpaired) electrons. The molecule has 0 bridgehead atoms. The molecule has 0 aromatic carbocycles. The van der Waals surface area contributed by atoms with Gasteiger partial charge in [-0.15, -0.1) is 0 Å². The predicted octanol–water partition coefficient (Wildman–Crippen LogP) is 0.496. The molecule has 1 fully saturated rings. The van der Waals surface area contributed by atoms with Crippen molar-refractivity contribution in [2.75, 3.05) is 26.7 Å². The lowest BCUT2D eigenvalue weighted by Crippen LogP contribution is -2.29. The van der Waals surface area contributed by atoms with E-state index in [4.69, 9.17) is 0 Å². The molecule has 6 heteroatoms. The molecule has 0 saturated carbocycles. The maximum atomic E-state index is 11.7. The van der Waals surface area contributed by atoms with E-state index in [1.165, 1.54) is 7.11 Å². The fourth-order valence-corrected chi connectivity index (χ4v) is 1.97. The molecule has 0 unspecified atom stereocenters. The van der Waals surface area contributed by atoms with Crippen molar-refractivity contribution in [2.24, 2.45) is 0 Å². The van der Waals surface area contributed by atoms with Crippen LogP contribution in [0.25, 0.3) is 0 Å². The number of β-amino-alcohol motifs (C(OH)–C–C–N with tert-alkyl or cyclic N) is 1. The summed E-state index contributed by atoms with van der Waals surface area (Å²) < 4.78 is 4.44. The third-order valence-electron chi connectivity index (χ3n) is 3.04. The summed E-state index contributed by atoms with van der Waals surface area (Å²) in [5, 5.41) is 11.9. The van der Waals surface area contributed by atoms with Crippen molar-refractivity contribution in [3.8, 4) is 0 Å². The molecule has 6 nitrogen and oxygen atoms in total. The second-order valence-electron chi connectivity index (χ2n) is 4.51. The van der Waals surface area contributed by atoms with E-state index in [0.717, 1.165) is 19.3 Å². The molecule has 2 N–H and O–H groups in total. The van der Waals surface area contributed by atoms with Gasteiger partial charge in [0.25, 0.3) is 0 Å². The van der Waals surface area contributed by atoms with Crippen LogP contribution in [0.1, 0.15) is 32.1 Å². The molecule has 1 rings (SSSR count). The number of likely N-dealkylation sites (tertiary alicyclic amines) is 1. The highest BCUT2D eigenvalue weighted by atomic mass is 16.5. The number of carbonyl (C=O) groups is 2. The van der Waals surface area contributed by atoms with E-state index in [0.29, 0.717) is 32.5 Å². The van der Waals surface area contributed by atoms with Gasteiger partial charge in [0.2, 0.25) is 5.91 Å². The molecule has 18 heavy (non-hydrogen) atoms. The molecule has 1 saturated heterocycles. The first-order valence-electron chi connectivity index (χ1n) is 6.41. The number of unbranched alkanes of at least 4 members (excludes halogenated alkanes) is 2. The summed E-state index contributed by atoms with van der Waals surface area (Å²) in [4.78, 5) is 24.2. The van der Waals surface area contributed by atoms with Crippen LogP contribution in [0, 0.1) is 0 Å². The number of hydrogen-bond donors (Lipinski definition) is 2. The van der Waals surface area contributed by atoms with Gasteiger partial charge in [0.1, 0.15) is 0 Å². The lowest BCUT2D eigenvalue weighted by molar-refractivity contribution is -0.130. The van der Waals surface area contributed by atoms with Crippen LogP contribution in [0.2, 0.25) is 0 Å². The first kappa shape index (κ1) is 14.8. The van der Waals surface area contributed by atoms with Crippen molar-refractivity contribution >= 4 is 12.0 Å². The molecule has 0 aromatic heterocycles. The highest BCUT2D eigenvalue weighted by molar-refractivity contribution is 5.76. The third-order valence-corrected chi connectivity index (χ3v) is 3.04. The molecule has 0 spiro atoms. The number of amides is 2. The number of alkyl carbamates (subject to hydrolysis) is 1. The van der Waals surface area contributed by atoms with Gasteiger partial charge in [-0.25, -0.2) is 4.79 Å². The van der Waals surface area contributed by atoms with E-state index in [-0.39, 0.29) is 12.0 Å². The van der Waals surface area contributed by atoms with Gasteiger partial charge in [0, 0.05) is 26.1 Å². The summed E-state index contributed by atoms with van der Waals surface area (Å²) >= 11 is 0. The smallest absolute Gasteiger partial charge is 0.406 e. The quantitative estimate of drug-likeness (QED) is 0.680. The zero-order chi connectivity index (χ0) is 13.4. The first-order valence-corrected chi connectivity index (χ1v) is 6.41. The molecular weight excluding hydrogens is 236 g/mol. The zero-order valence-corrected chi connectivity index (χ0v) is 10.9. The highest BCUT2D eigenvalue weighted by Crippen LogP contribution is 2.11. The van der Waals surface area contributed by atoms with Gasteiger partial charge >= 0.3 is 6.09 Å². The van der Waals surface area contributed by atoms with E-state index in [2.05, 4.69) is 10.1 Å². The number of carbonyl (C=O) groups excluding carboxylic acids is 2. The standard InChI is InChI=1S/C12H22N2O4/c1-18-12(17)13-7-4-2-3-5-11(16)14-8-6-10(15)9-14/h10,15H,2-9H2,1H3,(H,13,17)/t10-/m1/s1. The van der Waals surface area contributed by atoms with Gasteiger partial charge in [0.15, 0.2) is 0 Å². The fourth-order valence-electron chi connectivity index (χ4n) is 1.97. The Kier molecular flexibility index (Phi) is 6.49. The number of aliphatic hydroxyl groups is 1. The van der Waals surface area contributed by atoms with Crippen molar-refractivity contribution in [3.63, 3.8) is 0 Å². The van der Waals surface area contributed by atoms with Crippen LogP contribution in [0.3, 0.4) is 0 Å². The van der Waals surface area contributed by atoms with Crippen molar-refractivity contribution in [1.82, 2.24) is 10.2 Å². The minimum Gasteiger partial charge on any atom is -0.453 e. The normalized spacial score (nSPS) is 18.8. The van der Waals surface area contributed by atoms with Gasteiger partial charge in [-0.05, 0) is 19.3 Å². The Morgan fingerprint density at radius 3 is 2.78 bits per heavy atom. The number of methoxy groups -OCH3 is 1. The summed E-state index contributed by atoms with van der Waals surface area (Å²) in [6.07, 6.45) is 2.99. The molecule has 1 aliphatic rings. The fraction of sp³-hybridized carbons (Fsp3) is 0.833. The lowest BCUT2D eigenvalue weighted by Gasteiger charge is -2.15. The molecule has 0 aromatic rings. The number of aliphatic hydroxyl groups excluding tert-OH is 1. The van der Waals surface area contributed by atoms with Gasteiger partial charge in [0.05, 0.1) is 13.2 Å². The Morgan fingerprint density at radius 2 is 2.17 bits per heavy atom. The van der Waals surface area contributed by atoms with E-state index in [1.807, 2.05) is 0 Å². The Bertz CT molecular complexity index is 283. The number of hydrogen-bond acceptors (Lipinski definition) is 4. The van der Waals surface area contributed by atoms with Gasteiger partial charge < -0.3 is 20.1 Å². The average Bonchev–Trinajstić information content (AvgIpc) is 2.79. The minimum absolute atomic E-state index is 0.118. The van der Waals surface area contributed by atoms with Crippen molar-refractivity contribution in [1.29, 1.82) is 0 Å². The minimum atomic E-state index is -0.419. The van der Waals surface area contributed by atoms with Crippen molar-refractivity contribution in [3.05, 3.63) is 0 Å². The predicted molar refractivity (Wildman–Crippen MR) is 66.1 cm³/mol. The maximum absolute atomic E-state index is 11.7. The molecule has 0 aliphatic carbocycles. The largest absolute Gasteiger partial charge is 0.453 e. The van der Waals surface area contributed by atoms with E-state index < -0.39 is 6.09 Å². The highest BCUT2D eigenvalue weighted by Gasteiger charge is 2.23. The molecule has 2 amide bonds. The Labute approximate surface area is 107 Å². The van der Waals surface area contributed by atoms with E-state index >= 15 is 0 Å². The van der Waals surface area contributed by atoms with Gasteiger partial charge in [-0.1, -0.05) is 6.42 Å². The second kappa shape index (κ2) is 7.92. The summed E-state index contributed by atoms with van der Waals surface area (Å²) in [7, 11) is 1.33. The SMILES string of the molecule is COC(=O)NCCCCCC(=O)N1CC[C@@H](O)C1. The number of nitrogens with zero attached hydrogens (tertiary/aromatic N) is 1. The number of ether oxygens (including phenoxy) is 1. The average molecular weight is 258 g/mol. The monoisotopic (exact) mass is 258 g/mol. The Hall–Kier alpha value is -1.30. The zero-order valence-electron chi connectivity index (χ0n) is 10.9. The topological polar surface area (TPSA) is 78.9 Å². The van der Waals surface area contributed by atoms with Crippen LogP contribution in [0.5, 0.6) is 0 Å². The lowest BCUT2D eigenvalue weighted by atomic mass is 10.2. The molecule has 1 atom stereocenters. The molecule has 1 aliphatic heterocycles. The van der Waals surface area contributed by atoms with Crippen LogP contribution in [-0.4, -0.2) is 54.9 Å². The second-order valence-corrected chi connectivity index (χ2v) is 4.51. The maximum Gasteiger partial charge on any atom is 0.406 e. The van der Waals surface area contributed by atoms with Crippen LogP contribution >= 0.6 is 0 Å². The van der Waals surface area contributed by atoms with Gasteiger partial charge in [-0.3, -0.25) is 4.79 Å². The van der Waals surface area contributed by atoms with Crippen molar-refractivity contribution < 1.29 is 19.4 Å². The molecule has 1 heterocycles. The van der Waals surface area contributed by atoms with E-state index in [9.17, 15) is 14.7 Å². The number of rotatable bonds is 6. The van der Waals surface area contributed by atoms with E-state index in [1.54, 1.807) is 4.90 Å². The van der Waals surface area contributed by atoms with Crippen LogP contribution in [0.15, 0.2) is 0 Å². The number of nitrogens with one attached hydrogen (secondary N) is 1. The van der Waals surface area contributed by atoms with Crippen LogP contribution in [0.4, 0.5) is 4.79 Å². The van der Waals surface area contributed by atoms with Gasteiger partial charge in [-0.2, -0.15) is 0 Å². The first-order chi connectivity index (χ1) is 8.63. The summed E-state index contributed by atoms with van der Waals surface area (Å²) in [6, 6.07) is 0. The molecular formula is C12H22N2O4. The molecule has 104 valence electrons. The van der Waals surface area contributed by atoms with Crippen LogP contribution < -0.4 is 5.32 Å². The van der Waals surface area contributed by atoms with Crippen LogP contribution in [-0.2, 0) is 9.53 Å². The summed E-state index contributed by atoms with van der Waals surface area (Å²) in [5.41, 5.74) is 0. The Balaban J connectivity index is 1.97. The summed E-state index contributed by atoms with van der Waals surface area (Å²) in [6.45, 7) is 1.72. The summed E-state index contributed by atoms with van der Waals surface area (Å²) in [5.74, 6) is 0.118. The van der Waals surface area contributed by atoms with Crippen molar-refractivity contribution in [2.45, 2.75) is 38.2 Å².